The molecule has 3 rings (SSSR count). The van der Waals surface area contributed by atoms with E-state index < -0.39 is 0 Å². The molecular weight excluding hydrogens is 268 g/mol. The number of rotatable bonds is 3. The standard InChI is InChI=1S/C16H12N2OS/c1-2-11-5-6-20-16(11)15(19)13-9-18-14-4-3-10(8-17)7-12(13)14/h3-7,9,18H,2H2,1H3. The van der Waals surface area contributed by atoms with Gasteiger partial charge in [-0.15, -0.1) is 11.3 Å². The number of nitrogens with zero attached hydrogens (tertiary/aromatic N) is 1. The van der Waals surface area contributed by atoms with E-state index >= 15 is 0 Å². The highest BCUT2D eigenvalue weighted by Gasteiger charge is 2.18. The van der Waals surface area contributed by atoms with Gasteiger partial charge in [0.05, 0.1) is 16.5 Å². The Morgan fingerprint density at radius 2 is 2.25 bits per heavy atom. The normalized spacial score (nSPS) is 10.6. The lowest BCUT2D eigenvalue weighted by Gasteiger charge is -2.00. The minimum atomic E-state index is 0.0261. The Balaban J connectivity index is 2.15. The molecule has 2 heterocycles. The molecular formula is C16H12N2OS. The minimum absolute atomic E-state index is 0.0261. The fourth-order valence-corrected chi connectivity index (χ4v) is 3.26. The second kappa shape index (κ2) is 4.95. The van der Waals surface area contributed by atoms with Crippen LogP contribution in [0.3, 0.4) is 0 Å². The highest BCUT2D eigenvalue weighted by atomic mass is 32.1. The molecule has 4 heteroatoms. The summed E-state index contributed by atoms with van der Waals surface area (Å²) in [5, 5.41) is 11.7. The molecule has 0 fully saturated rings. The fourth-order valence-electron chi connectivity index (χ4n) is 2.31. The van der Waals surface area contributed by atoms with Gasteiger partial charge in [-0.25, -0.2) is 0 Å². The molecule has 0 saturated heterocycles. The summed E-state index contributed by atoms with van der Waals surface area (Å²) in [5.74, 6) is 0.0261. The summed E-state index contributed by atoms with van der Waals surface area (Å²) >= 11 is 1.47. The largest absolute Gasteiger partial charge is 0.360 e. The van der Waals surface area contributed by atoms with Crippen molar-refractivity contribution in [3.8, 4) is 6.07 Å². The third kappa shape index (κ3) is 1.93. The number of aromatic nitrogens is 1. The van der Waals surface area contributed by atoms with Gasteiger partial charge in [0.15, 0.2) is 0 Å². The molecule has 1 aromatic carbocycles. The zero-order chi connectivity index (χ0) is 14.1. The van der Waals surface area contributed by atoms with Gasteiger partial charge >= 0.3 is 0 Å². The van der Waals surface area contributed by atoms with Crippen LogP contribution < -0.4 is 0 Å². The van der Waals surface area contributed by atoms with E-state index in [4.69, 9.17) is 5.26 Å². The maximum absolute atomic E-state index is 12.7. The lowest BCUT2D eigenvalue weighted by molar-refractivity contribution is 0.104. The number of hydrogen-bond donors (Lipinski definition) is 1. The summed E-state index contributed by atoms with van der Waals surface area (Å²) in [6.07, 6.45) is 2.57. The van der Waals surface area contributed by atoms with Gasteiger partial charge in [-0.3, -0.25) is 4.79 Å². The van der Waals surface area contributed by atoms with Crippen LogP contribution in [-0.4, -0.2) is 10.8 Å². The van der Waals surface area contributed by atoms with Crippen molar-refractivity contribution in [1.82, 2.24) is 4.98 Å². The van der Waals surface area contributed by atoms with E-state index in [1.807, 2.05) is 24.4 Å². The number of fused-ring (bicyclic) bond motifs is 1. The molecule has 98 valence electrons. The van der Waals surface area contributed by atoms with E-state index in [1.54, 1.807) is 18.3 Å². The third-order valence-electron chi connectivity index (χ3n) is 3.39. The maximum Gasteiger partial charge on any atom is 0.205 e. The highest BCUT2D eigenvalue weighted by molar-refractivity contribution is 7.12. The summed E-state index contributed by atoms with van der Waals surface area (Å²) in [7, 11) is 0. The quantitative estimate of drug-likeness (QED) is 0.740. The first-order chi connectivity index (χ1) is 9.74. The summed E-state index contributed by atoms with van der Waals surface area (Å²) in [6, 6.07) is 9.44. The molecule has 0 unspecified atom stereocenters. The van der Waals surface area contributed by atoms with Crippen LogP contribution in [0.4, 0.5) is 0 Å². The smallest absolute Gasteiger partial charge is 0.205 e. The molecule has 0 bridgehead atoms. The van der Waals surface area contributed by atoms with Gasteiger partial charge in [-0.05, 0) is 41.6 Å². The van der Waals surface area contributed by atoms with Crippen molar-refractivity contribution in [2.75, 3.05) is 0 Å². The minimum Gasteiger partial charge on any atom is -0.360 e. The van der Waals surface area contributed by atoms with Crippen LogP contribution in [0, 0.1) is 11.3 Å². The predicted molar refractivity (Wildman–Crippen MR) is 80.1 cm³/mol. The number of benzene rings is 1. The molecule has 2 aromatic heterocycles. The van der Waals surface area contributed by atoms with Crippen molar-refractivity contribution >= 4 is 28.0 Å². The van der Waals surface area contributed by atoms with Crippen molar-refractivity contribution in [3.05, 3.63) is 57.4 Å². The van der Waals surface area contributed by atoms with Crippen molar-refractivity contribution < 1.29 is 4.79 Å². The van der Waals surface area contributed by atoms with E-state index in [1.165, 1.54) is 11.3 Å². The number of carbonyl (C=O) groups excluding carboxylic acids is 1. The maximum atomic E-state index is 12.7. The summed E-state index contributed by atoms with van der Waals surface area (Å²) in [5.41, 5.74) is 3.15. The number of aromatic amines is 1. The van der Waals surface area contributed by atoms with Crippen LogP contribution in [0.2, 0.25) is 0 Å². The average Bonchev–Trinajstić information content (AvgIpc) is 3.12. The first kappa shape index (κ1) is 12.6. The number of hydrogen-bond acceptors (Lipinski definition) is 3. The Kier molecular flexibility index (Phi) is 3.13. The van der Waals surface area contributed by atoms with E-state index in [0.717, 1.165) is 27.8 Å². The fraction of sp³-hybridized carbons (Fsp3) is 0.125. The molecule has 20 heavy (non-hydrogen) atoms. The number of aryl methyl sites for hydroxylation is 1. The SMILES string of the molecule is CCc1ccsc1C(=O)c1c[nH]c2ccc(C#N)cc12. The van der Waals surface area contributed by atoms with Crippen LogP contribution in [0.1, 0.15) is 33.3 Å². The number of thiophene rings is 1. The van der Waals surface area contributed by atoms with Crippen LogP contribution in [0.5, 0.6) is 0 Å². The Hall–Kier alpha value is -2.38. The van der Waals surface area contributed by atoms with Gasteiger partial charge < -0.3 is 4.98 Å². The van der Waals surface area contributed by atoms with E-state index in [9.17, 15) is 4.79 Å². The zero-order valence-electron chi connectivity index (χ0n) is 10.9. The van der Waals surface area contributed by atoms with Crippen LogP contribution in [-0.2, 0) is 6.42 Å². The van der Waals surface area contributed by atoms with Crippen LogP contribution in [0.25, 0.3) is 10.9 Å². The number of H-pyrrole nitrogens is 1. The first-order valence-corrected chi connectivity index (χ1v) is 7.25. The van der Waals surface area contributed by atoms with Crippen molar-refractivity contribution in [3.63, 3.8) is 0 Å². The second-order valence-corrected chi connectivity index (χ2v) is 5.45. The molecule has 3 aromatic rings. The van der Waals surface area contributed by atoms with Crippen LogP contribution >= 0.6 is 11.3 Å². The van der Waals surface area contributed by atoms with Crippen LogP contribution in [0.15, 0.2) is 35.8 Å². The molecule has 0 radical (unpaired) electrons. The second-order valence-electron chi connectivity index (χ2n) is 4.53. The Bertz CT molecular complexity index is 836. The molecule has 0 atom stereocenters. The highest BCUT2D eigenvalue weighted by Crippen LogP contribution is 2.26. The van der Waals surface area contributed by atoms with E-state index in [2.05, 4.69) is 11.1 Å². The average molecular weight is 280 g/mol. The Morgan fingerprint density at radius 1 is 1.40 bits per heavy atom. The third-order valence-corrected chi connectivity index (χ3v) is 4.34. The molecule has 0 saturated carbocycles. The van der Waals surface area contributed by atoms with E-state index in [0.29, 0.717) is 11.1 Å². The number of carbonyl (C=O) groups is 1. The lowest BCUT2D eigenvalue weighted by Crippen LogP contribution is -2.00. The van der Waals surface area contributed by atoms with E-state index in [-0.39, 0.29) is 5.78 Å². The molecule has 0 aliphatic carbocycles. The number of nitriles is 1. The van der Waals surface area contributed by atoms with Crippen molar-refractivity contribution in [1.29, 1.82) is 5.26 Å². The number of nitrogens with one attached hydrogen (secondary N) is 1. The zero-order valence-corrected chi connectivity index (χ0v) is 11.8. The van der Waals surface area contributed by atoms with Gasteiger partial charge in [-0.2, -0.15) is 5.26 Å². The summed E-state index contributed by atoms with van der Waals surface area (Å²) in [4.78, 5) is 16.6. The van der Waals surface area contributed by atoms with Gasteiger partial charge in [0.1, 0.15) is 0 Å². The molecule has 3 nitrogen and oxygen atoms in total. The van der Waals surface area contributed by atoms with Gasteiger partial charge in [0.25, 0.3) is 0 Å². The van der Waals surface area contributed by atoms with Gasteiger partial charge in [0, 0.05) is 22.7 Å². The molecule has 0 aliphatic heterocycles. The molecule has 0 amide bonds. The molecule has 1 N–H and O–H groups in total. The monoisotopic (exact) mass is 280 g/mol. The topological polar surface area (TPSA) is 56.6 Å². The first-order valence-electron chi connectivity index (χ1n) is 6.37. The van der Waals surface area contributed by atoms with Crippen molar-refractivity contribution in [2.45, 2.75) is 13.3 Å². The lowest BCUT2D eigenvalue weighted by atomic mass is 10.0. The predicted octanol–water partition coefficient (Wildman–Crippen LogP) is 3.89. The summed E-state index contributed by atoms with van der Waals surface area (Å²) < 4.78 is 0. The number of ketones is 1. The van der Waals surface area contributed by atoms with Gasteiger partial charge in [0.2, 0.25) is 5.78 Å². The Labute approximate surface area is 120 Å². The summed E-state index contributed by atoms with van der Waals surface area (Å²) in [6.45, 7) is 2.04. The Morgan fingerprint density at radius 3 is 3.00 bits per heavy atom. The van der Waals surface area contributed by atoms with Crippen molar-refractivity contribution in [2.24, 2.45) is 0 Å². The molecule has 0 spiro atoms. The molecule has 0 aliphatic rings. The van der Waals surface area contributed by atoms with Gasteiger partial charge in [-0.1, -0.05) is 6.92 Å².